The second-order valence-corrected chi connectivity index (χ2v) is 23.1. The monoisotopic (exact) mass is 1140 g/mol. The average Bonchev–Trinajstić information content (AvgIpc) is 4.04. The van der Waals surface area contributed by atoms with E-state index in [1.54, 1.807) is 69.6 Å². The van der Waals surface area contributed by atoms with Crippen LogP contribution in [0.4, 0.5) is 0 Å². The molecule has 5 N–H and O–H groups in total. The summed E-state index contributed by atoms with van der Waals surface area (Å²) in [6.07, 6.45) is 6.48. The number of benzene rings is 2. The quantitative estimate of drug-likeness (QED) is 0.0721. The Balaban J connectivity index is 1.04. The SMILES string of the molecule is COc1cccc(OC)c1-c1cc(C(=O)NCC2CC3CC(CC(=O)O)CC(C2)C3)nn1-c1ccc(C(=O)N(C)CCCN(C)CCCN(C)C(=O)CN2CCN(CC(=O)O)CCN(CC(=O)O)CCN(CC(=O)O)CC2)cc1C(C)C. The molecule has 3 fully saturated rings. The van der Waals surface area contributed by atoms with Crippen LogP contribution in [0.1, 0.15) is 97.5 Å². The Morgan fingerprint density at radius 3 is 1.59 bits per heavy atom. The molecule has 452 valence electrons. The predicted octanol–water partition coefficient (Wildman–Crippen LogP) is 4.04. The number of carbonyl (C=O) groups is 7. The van der Waals surface area contributed by atoms with E-state index >= 15 is 0 Å². The number of hydrogen-bond donors (Lipinski definition) is 5. The number of nitrogens with zero attached hydrogens (tertiary/aromatic N) is 9. The van der Waals surface area contributed by atoms with Crippen molar-refractivity contribution < 1.29 is 63.5 Å². The van der Waals surface area contributed by atoms with Gasteiger partial charge in [0.2, 0.25) is 5.91 Å². The molecule has 1 aliphatic heterocycles. The van der Waals surface area contributed by atoms with E-state index in [1.165, 1.54) is 0 Å². The van der Waals surface area contributed by atoms with Crippen molar-refractivity contribution in [2.45, 2.75) is 71.1 Å². The fourth-order valence-corrected chi connectivity index (χ4v) is 12.1. The molecule has 2 bridgehead atoms. The number of fused-ring (bicyclic) bond motifs is 2. The van der Waals surface area contributed by atoms with Gasteiger partial charge < -0.3 is 49.9 Å². The lowest BCUT2D eigenvalue weighted by Crippen LogP contribution is -2.50. The number of carboxylic acid groups (broad SMARTS) is 4. The van der Waals surface area contributed by atoms with E-state index in [2.05, 4.69) is 10.2 Å². The third-order valence-electron chi connectivity index (χ3n) is 16.3. The Bertz CT molecular complexity index is 2600. The predicted molar refractivity (Wildman–Crippen MR) is 308 cm³/mol. The Kier molecular flexibility index (Phi) is 24.5. The van der Waals surface area contributed by atoms with Gasteiger partial charge in [-0.3, -0.25) is 53.2 Å². The summed E-state index contributed by atoms with van der Waals surface area (Å²) in [5.41, 5.74) is 3.46. The summed E-state index contributed by atoms with van der Waals surface area (Å²) < 4.78 is 13.4. The number of aromatic nitrogens is 2. The molecule has 82 heavy (non-hydrogen) atoms. The number of ether oxygens (including phenoxy) is 2. The molecule has 23 heteroatoms. The lowest BCUT2D eigenvalue weighted by atomic mass is 9.64. The minimum absolute atomic E-state index is 0.0532. The minimum atomic E-state index is -1.03. The number of aliphatic carboxylic acids is 4. The number of amides is 3. The number of rotatable bonds is 27. The number of carboxylic acids is 4. The van der Waals surface area contributed by atoms with Crippen molar-refractivity contribution in [2.75, 3.05) is 147 Å². The van der Waals surface area contributed by atoms with E-state index in [1.807, 2.05) is 56.1 Å². The molecular weight excluding hydrogens is 1060 g/mol. The standard InChI is InChI=1S/C59H88N10O13/c1-40(2)46-33-45(13-14-48(46)69-49(57-50(81-6)11-8-12-51(57)82-7)34-47(61-69)58(79)60-35-44-30-41-27-42(31-44)29-43(28-41)32-53(71)72)59(80)64(5)18-10-16-62(3)15-9-17-63(4)52(70)36-65-19-21-66(37-54(73)74)23-25-68(39-56(77)78)26-24-67(22-20-65)38-55(75)76/h8,11-14,33-34,40-44H,9-10,15-32,35-39H2,1-7H3,(H,60,79)(H,71,72)(H,73,74)(H,75,76)(H,77,78). The molecule has 1 aromatic heterocycles. The van der Waals surface area contributed by atoms with Crippen LogP contribution < -0.4 is 14.8 Å². The zero-order valence-electron chi connectivity index (χ0n) is 49.1. The van der Waals surface area contributed by atoms with Gasteiger partial charge in [0.05, 0.1) is 57.3 Å². The first kappa shape index (κ1) is 64.5. The molecule has 0 spiro atoms. The molecule has 2 aromatic carbocycles. The Hall–Kier alpha value is -6.66. The van der Waals surface area contributed by atoms with Gasteiger partial charge in [0.15, 0.2) is 5.69 Å². The van der Waals surface area contributed by atoms with E-state index in [0.717, 1.165) is 37.7 Å². The number of carbonyl (C=O) groups excluding carboxylic acids is 3. The second-order valence-electron chi connectivity index (χ2n) is 23.1. The molecule has 1 saturated heterocycles. The first-order chi connectivity index (χ1) is 39.1. The van der Waals surface area contributed by atoms with Crippen molar-refractivity contribution in [3.05, 3.63) is 59.3 Å². The van der Waals surface area contributed by atoms with Crippen LogP contribution in [-0.2, 0) is 24.0 Å². The number of likely N-dealkylation sites (N-methyl/N-ethyl adjacent to an activating group) is 1. The molecule has 3 aromatic rings. The first-order valence-electron chi connectivity index (χ1n) is 28.8. The molecule has 23 nitrogen and oxygen atoms in total. The van der Waals surface area contributed by atoms with Gasteiger partial charge in [0.25, 0.3) is 11.8 Å². The van der Waals surface area contributed by atoms with Crippen molar-refractivity contribution in [3.8, 4) is 28.4 Å². The van der Waals surface area contributed by atoms with Crippen molar-refractivity contribution in [2.24, 2.45) is 23.7 Å². The van der Waals surface area contributed by atoms with Gasteiger partial charge in [0, 0.05) is 98.1 Å². The highest BCUT2D eigenvalue weighted by atomic mass is 16.5. The lowest BCUT2D eigenvalue weighted by Gasteiger charge is -2.42. The summed E-state index contributed by atoms with van der Waals surface area (Å²) in [4.78, 5) is 101. The van der Waals surface area contributed by atoms with Crippen LogP contribution in [0.25, 0.3) is 16.9 Å². The summed E-state index contributed by atoms with van der Waals surface area (Å²) in [6.45, 7) is 8.82. The number of nitrogens with one attached hydrogen (secondary N) is 1. The van der Waals surface area contributed by atoms with Crippen LogP contribution in [-0.4, -0.2) is 253 Å². The molecule has 2 saturated carbocycles. The molecule has 2 heterocycles. The molecule has 2 atom stereocenters. The Morgan fingerprint density at radius 2 is 1.11 bits per heavy atom. The lowest BCUT2D eigenvalue weighted by molar-refractivity contribution is -0.140. The number of methoxy groups -OCH3 is 2. The van der Waals surface area contributed by atoms with Gasteiger partial charge >= 0.3 is 23.9 Å². The Morgan fingerprint density at radius 1 is 0.622 bits per heavy atom. The maximum atomic E-state index is 14.1. The van der Waals surface area contributed by atoms with Crippen molar-refractivity contribution in [1.29, 1.82) is 0 Å². The molecule has 6 rings (SSSR count). The zero-order valence-corrected chi connectivity index (χ0v) is 49.1. The third kappa shape index (κ3) is 19.2. The van der Waals surface area contributed by atoms with Gasteiger partial charge in [-0.1, -0.05) is 19.9 Å². The first-order valence-corrected chi connectivity index (χ1v) is 28.8. The molecule has 2 unspecified atom stereocenters. The van der Waals surface area contributed by atoms with Gasteiger partial charge in [0.1, 0.15) is 11.5 Å². The summed E-state index contributed by atoms with van der Waals surface area (Å²) in [7, 11) is 8.69. The highest BCUT2D eigenvalue weighted by Crippen LogP contribution is 2.46. The topological polar surface area (TPSA) is 271 Å². The highest BCUT2D eigenvalue weighted by molar-refractivity contribution is 5.96. The van der Waals surface area contributed by atoms with Crippen LogP contribution in [0.15, 0.2) is 42.5 Å². The van der Waals surface area contributed by atoms with Crippen molar-refractivity contribution >= 4 is 41.6 Å². The zero-order chi connectivity index (χ0) is 59.6. The van der Waals surface area contributed by atoms with E-state index < -0.39 is 23.9 Å². The van der Waals surface area contributed by atoms with Crippen molar-refractivity contribution in [1.82, 2.24) is 49.4 Å². The smallest absolute Gasteiger partial charge is 0.317 e. The molecule has 0 radical (unpaired) electrons. The average molecular weight is 1150 g/mol. The van der Waals surface area contributed by atoms with Crippen molar-refractivity contribution in [3.63, 3.8) is 0 Å². The van der Waals surface area contributed by atoms with E-state index in [4.69, 9.17) is 14.6 Å². The summed E-state index contributed by atoms with van der Waals surface area (Å²) in [5.74, 6) is -1.93. The van der Waals surface area contributed by atoms with Gasteiger partial charge in [-0.05, 0) is 137 Å². The summed E-state index contributed by atoms with van der Waals surface area (Å²) >= 11 is 0. The molecular formula is C59H88N10O13. The normalized spacial score (nSPS) is 19.7. The summed E-state index contributed by atoms with van der Waals surface area (Å²) in [6, 6.07) is 12.8. The molecule has 3 amide bonds. The van der Waals surface area contributed by atoms with Gasteiger partial charge in [-0.15, -0.1) is 0 Å². The minimum Gasteiger partial charge on any atom is -0.496 e. The maximum Gasteiger partial charge on any atom is 0.317 e. The van der Waals surface area contributed by atoms with E-state index in [0.29, 0.717) is 137 Å². The van der Waals surface area contributed by atoms with Gasteiger partial charge in [-0.25, -0.2) is 4.68 Å². The fraction of sp³-hybridized carbons (Fsp3) is 0.627. The van der Waals surface area contributed by atoms with Crippen LogP contribution in [0, 0.1) is 23.7 Å². The van der Waals surface area contributed by atoms with Crippen LogP contribution in [0.2, 0.25) is 0 Å². The summed E-state index contributed by atoms with van der Waals surface area (Å²) in [5, 5.41) is 46.2. The van der Waals surface area contributed by atoms with E-state index in [-0.39, 0.29) is 80.9 Å². The molecule has 3 aliphatic rings. The highest BCUT2D eigenvalue weighted by Gasteiger charge is 2.37. The fourth-order valence-electron chi connectivity index (χ4n) is 12.1. The third-order valence-corrected chi connectivity index (χ3v) is 16.3. The van der Waals surface area contributed by atoms with Crippen LogP contribution in [0.3, 0.4) is 0 Å². The van der Waals surface area contributed by atoms with Gasteiger partial charge in [-0.2, -0.15) is 5.10 Å². The largest absolute Gasteiger partial charge is 0.496 e. The van der Waals surface area contributed by atoms with Crippen LogP contribution in [0.5, 0.6) is 11.5 Å². The van der Waals surface area contributed by atoms with E-state index in [9.17, 15) is 54.0 Å². The number of hydrogen-bond acceptors (Lipinski definition) is 15. The second kappa shape index (κ2) is 31.1. The molecule has 2 aliphatic carbocycles. The van der Waals surface area contributed by atoms with Crippen LogP contribution >= 0.6 is 0 Å². The Labute approximate surface area is 482 Å². The maximum absolute atomic E-state index is 14.1.